The van der Waals surface area contributed by atoms with Crippen molar-refractivity contribution in [2.24, 2.45) is 5.84 Å². The predicted octanol–water partition coefficient (Wildman–Crippen LogP) is 2.50. The first-order chi connectivity index (χ1) is 10.2. The van der Waals surface area contributed by atoms with Gasteiger partial charge in [0.05, 0.1) is 0 Å². The van der Waals surface area contributed by atoms with Gasteiger partial charge in [-0.05, 0) is 17.2 Å². The maximum Gasteiger partial charge on any atom is 0.352 e. The molecule has 0 unspecified atom stereocenters. The Hall–Kier alpha value is -2.63. The number of fused-ring (bicyclic) bond motifs is 1. The summed E-state index contributed by atoms with van der Waals surface area (Å²) in [5.41, 5.74) is 6.14. The number of para-hydroxylation sites is 1. The van der Waals surface area contributed by atoms with Gasteiger partial charge in [-0.15, -0.1) is 0 Å². The van der Waals surface area contributed by atoms with Crippen LogP contribution in [0.2, 0.25) is 0 Å². The highest BCUT2D eigenvalue weighted by Gasteiger charge is 2.19. The van der Waals surface area contributed by atoms with E-state index in [1.54, 1.807) is 0 Å². The summed E-state index contributed by atoms with van der Waals surface area (Å²) in [6, 6.07) is 15.2. The van der Waals surface area contributed by atoms with Crippen LogP contribution in [0.25, 0.3) is 22.0 Å². The van der Waals surface area contributed by atoms with Crippen molar-refractivity contribution in [3.8, 4) is 11.1 Å². The van der Waals surface area contributed by atoms with Crippen LogP contribution in [0.1, 0.15) is 16.1 Å². The Balaban J connectivity index is 2.33. The van der Waals surface area contributed by atoms with Gasteiger partial charge in [0, 0.05) is 23.0 Å². The molecule has 0 saturated heterocycles. The van der Waals surface area contributed by atoms with Crippen molar-refractivity contribution in [2.75, 3.05) is 0 Å². The van der Waals surface area contributed by atoms with Gasteiger partial charge in [-0.1, -0.05) is 42.5 Å². The number of nitrogens with one attached hydrogen (secondary N) is 2. The third kappa shape index (κ3) is 2.29. The molecule has 0 saturated carbocycles. The topological polar surface area (TPSA) is 91.1 Å². The Bertz CT molecular complexity index is 808. The number of aromatic nitrogens is 1. The van der Waals surface area contributed by atoms with E-state index in [-0.39, 0.29) is 5.69 Å². The summed E-state index contributed by atoms with van der Waals surface area (Å²) in [6.07, 6.45) is 0. The van der Waals surface area contributed by atoms with Crippen molar-refractivity contribution < 1.29 is 9.90 Å². The summed E-state index contributed by atoms with van der Waals surface area (Å²) in [6.45, 7) is 0.467. The van der Waals surface area contributed by atoms with Crippen LogP contribution >= 0.6 is 0 Å². The zero-order chi connectivity index (χ0) is 14.8. The van der Waals surface area contributed by atoms with E-state index in [1.165, 1.54) is 0 Å². The summed E-state index contributed by atoms with van der Waals surface area (Å²) >= 11 is 0. The second-order valence-corrected chi connectivity index (χ2v) is 4.76. The fourth-order valence-corrected chi connectivity index (χ4v) is 2.61. The quantitative estimate of drug-likeness (QED) is 0.437. The highest BCUT2D eigenvalue weighted by molar-refractivity contribution is 6.07. The average Bonchev–Trinajstić information content (AvgIpc) is 2.88. The smallest absolute Gasteiger partial charge is 0.352 e. The van der Waals surface area contributed by atoms with Crippen molar-refractivity contribution in [2.45, 2.75) is 6.54 Å². The first kappa shape index (κ1) is 13.4. The molecule has 106 valence electrons. The molecule has 5 nitrogen and oxygen atoms in total. The standard InChI is InChI=1S/C16H15N3O2/c17-18-9-10-5-1-2-6-11(10)14-12-7-3-4-8-13(12)19-15(14)16(20)21/h1-8,18-19H,9,17H2,(H,20,21). The second-order valence-electron chi connectivity index (χ2n) is 4.76. The van der Waals surface area contributed by atoms with Gasteiger partial charge in [0.1, 0.15) is 5.69 Å². The Morgan fingerprint density at radius 3 is 2.62 bits per heavy atom. The first-order valence-electron chi connectivity index (χ1n) is 6.58. The minimum Gasteiger partial charge on any atom is -0.477 e. The lowest BCUT2D eigenvalue weighted by molar-refractivity contribution is 0.0692. The largest absolute Gasteiger partial charge is 0.477 e. The number of hydrogen-bond acceptors (Lipinski definition) is 3. The van der Waals surface area contributed by atoms with E-state index in [9.17, 15) is 9.90 Å². The van der Waals surface area contributed by atoms with Crippen LogP contribution in [-0.4, -0.2) is 16.1 Å². The Morgan fingerprint density at radius 2 is 1.86 bits per heavy atom. The van der Waals surface area contributed by atoms with Crippen molar-refractivity contribution in [1.29, 1.82) is 0 Å². The maximum atomic E-state index is 11.6. The predicted molar refractivity (Wildman–Crippen MR) is 81.7 cm³/mol. The molecule has 1 aromatic heterocycles. The minimum absolute atomic E-state index is 0.195. The molecule has 2 aromatic carbocycles. The molecular weight excluding hydrogens is 266 g/mol. The molecule has 0 bridgehead atoms. The van der Waals surface area contributed by atoms with Crippen LogP contribution in [0.3, 0.4) is 0 Å². The van der Waals surface area contributed by atoms with Gasteiger partial charge in [-0.3, -0.25) is 11.3 Å². The summed E-state index contributed by atoms with van der Waals surface area (Å²) in [5, 5.41) is 10.4. The maximum absolute atomic E-state index is 11.6. The molecule has 0 fully saturated rings. The van der Waals surface area contributed by atoms with Crippen molar-refractivity contribution in [3.05, 3.63) is 59.8 Å². The van der Waals surface area contributed by atoms with Gasteiger partial charge in [-0.2, -0.15) is 0 Å². The molecule has 3 rings (SSSR count). The fraction of sp³-hybridized carbons (Fsp3) is 0.0625. The van der Waals surface area contributed by atoms with Crippen LogP contribution in [0, 0.1) is 0 Å². The molecule has 5 N–H and O–H groups in total. The van der Waals surface area contributed by atoms with Gasteiger partial charge in [0.15, 0.2) is 0 Å². The third-order valence-electron chi connectivity index (χ3n) is 3.50. The minimum atomic E-state index is -0.975. The number of carboxylic acid groups (broad SMARTS) is 1. The van der Waals surface area contributed by atoms with Gasteiger partial charge >= 0.3 is 5.97 Å². The normalized spacial score (nSPS) is 10.9. The molecule has 0 aliphatic carbocycles. The summed E-state index contributed by atoms with van der Waals surface area (Å²) < 4.78 is 0. The number of H-pyrrole nitrogens is 1. The Kier molecular flexibility index (Phi) is 3.43. The lowest BCUT2D eigenvalue weighted by Gasteiger charge is -2.09. The number of aromatic carboxylic acids is 1. The number of carbonyl (C=O) groups is 1. The average molecular weight is 281 g/mol. The van der Waals surface area contributed by atoms with E-state index in [1.807, 2.05) is 48.5 Å². The number of hydrogen-bond donors (Lipinski definition) is 4. The Morgan fingerprint density at radius 1 is 1.14 bits per heavy atom. The molecular formula is C16H15N3O2. The number of aromatic amines is 1. The third-order valence-corrected chi connectivity index (χ3v) is 3.50. The van der Waals surface area contributed by atoms with E-state index in [4.69, 9.17) is 5.84 Å². The van der Waals surface area contributed by atoms with E-state index in [0.29, 0.717) is 12.1 Å². The summed E-state index contributed by atoms with van der Waals surface area (Å²) in [4.78, 5) is 14.5. The molecule has 0 amide bonds. The van der Waals surface area contributed by atoms with Crippen LogP contribution in [0.5, 0.6) is 0 Å². The zero-order valence-corrected chi connectivity index (χ0v) is 11.3. The number of nitrogens with two attached hydrogens (primary N) is 1. The van der Waals surface area contributed by atoms with Gasteiger partial charge in [-0.25, -0.2) is 4.79 Å². The van der Waals surface area contributed by atoms with Crippen molar-refractivity contribution >= 4 is 16.9 Å². The first-order valence-corrected chi connectivity index (χ1v) is 6.58. The van der Waals surface area contributed by atoms with Gasteiger partial charge < -0.3 is 10.1 Å². The lowest BCUT2D eigenvalue weighted by Crippen LogP contribution is -2.21. The van der Waals surface area contributed by atoms with Gasteiger partial charge in [0.25, 0.3) is 0 Å². The van der Waals surface area contributed by atoms with Crippen LogP contribution in [0.15, 0.2) is 48.5 Å². The van der Waals surface area contributed by atoms with Crippen molar-refractivity contribution in [3.63, 3.8) is 0 Å². The molecule has 0 radical (unpaired) electrons. The van der Waals surface area contributed by atoms with Crippen molar-refractivity contribution in [1.82, 2.24) is 10.4 Å². The highest BCUT2D eigenvalue weighted by Crippen LogP contribution is 2.34. The monoisotopic (exact) mass is 281 g/mol. The fourth-order valence-electron chi connectivity index (χ4n) is 2.61. The van der Waals surface area contributed by atoms with E-state index in [2.05, 4.69) is 10.4 Å². The van der Waals surface area contributed by atoms with Crippen LogP contribution < -0.4 is 11.3 Å². The SMILES string of the molecule is NNCc1ccccc1-c1c(C(=O)O)[nH]c2ccccc12. The molecule has 3 aromatic rings. The molecule has 1 heterocycles. The Labute approximate surface area is 121 Å². The summed E-state index contributed by atoms with van der Waals surface area (Å²) in [7, 11) is 0. The van der Waals surface area contributed by atoms with Gasteiger partial charge in [0.2, 0.25) is 0 Å². The number of carboxylic acids is 1. The molecule has 0 spiro atoms. The van der Waals surface area contributed by atoms with Crippen LogP contribution in [-0.2, 0) is 6.54 Å². The molecule has 0 aliphatic rings. The van der Waals surface area contributed by atoms with E-state index < -0.39 is 5.97 Å². The number of benzene rings is 2. The highest BCUT2D eigenvalue weighted by atomic mass is 16.4. The summed E-state index contributed by atoms with van der Waals surface area (Å²) in [5.74, 6) is 4.44. The van der Waals surface area contributed by atoms with E-state index >= 15 is 0 Å². The van der Waals surface area contributed by atoms with E-state index in [0.717, 1.165) is 22.0 Å². The lowest BCUT2D eigenvalue weighted by atomic mass is 9.97. The molecule has 0 aliphatic heterocycles. The number of rotatable bonds is 4. The second kappa shape index (κ2) is 5.40. The molecule has 0 atom stereocenters. The number of hydrazine groups is 1. The molecule has 5 heteroatoms. The van der Waals surface area contributed by atoms with Crippen LogP contribution in [0.4, 0.5) is 0 Å². The molecule has 21 heavy (non-hydrogen) atoms. The zero-order valence-electron chi connectivity index (χ0n) is 11.3.